The van der Waals surface area contributed by atoms with Gasteiger partial charge in [-0.25, -0.2) is 23.9 Å². The first-order chi connectivity index (χ1) is 33.2. The number of methoxy groups -OCH3 is 2. The van der Waals surface area contributed by atoms with Gasteiger partial charge in [0.05, 0.1) is 61.6 Å². The van der Waals surface area contributed by atoms with Gasteiger partial charge in [0.1, 0.15) is 40.6 Å². The van der Waals surface area contributed by atoms with E-state index in [0.29, 0.717) is 83.1 Å². The Balaban J connectivity index is 0.714. The van der Waals surface area contributed by atoms with Gasteiger partial charge < -0.3 is 24.6 Å². The molecule has 1 aliphatic carbocycles. The highest BCUT2D eigenvalue weighted by atomic mass is 19.1. The van der Waals surface area contributed by atoms with Crippen LogP contribution in [0.25, 0.3) is 28.0 Å². The number of benzene rings is 1. The maximum atomic E-state index is 15.6. The number of hydrogen-bond donors (Lipinski definition) is 2. The summed E-state index contributed by atoms with van der Waals surface area (Å²) in [5.41, 5.74) is 6.15. The Bertz CT molecular complexity index is 2870. The summed E-state index contributed by atoms with van der Waals surface area (Å²) in [6.45, 7) is 5.66. The molecule has 12 rings (SSSR count). The third-order valence-electron chi connectivity index (χ3n) is 14.6. The van der Waals surface area contributed by atoms with Crippen molar-refractivity contribution < 1.29 is 23.5 Å². The first kappa shape index (κ1) is 43.4. The fourth-order valence-corrected chi connectivity index (χ4v) is 10.9. The molecule has 0 radical (unpaired) electrons. The van der Waals surface area contributed by atoms with Crippen LogP contribution in [0.15, 0.2) is 73.6 Å². The smallest absolute Gasteiger partial charge is 0.249 e. The molecule has 2 amide bonds. The van der Waals surface area contributed by atoms with Crippen LogP contribution < -0.4 is 29.9 Å². The number of carbonyl (C=O) groups is 2. The highest BCUT2D eigenvalue weighted by Gasteiger charge is 2.45. The second-order valence-corrected chi connectivity index (χ2v) is 18.5. The van der Waals surface area contributed by atoms with E-state index in [2.05, 4.69) is 69.4 Å². The van der Waals surface area contributed by atoms with E-state index in [9.17, 15) is 14.9 Å². The van der Waals surface area contributed by atoms with Crippen molar-refractivity contribution in [3.8, 4) is 40.2 Å². The third kappa shape index (κ3) is 8.31. The van der Waals surface area contributed by atoms with E-state index in [4.69, 9.17) is 24.5 Å². The third-order valence-corrected chi connectivity index (χ3v) is 14.6. The number of imide groups is 1. The average molecular weight is 921 g/mol. The number of piperidine rings is 2. The second-order valence-electron chi connectivity index (χ2n) is 18.5. The van der Waals surface area contributed by atoms with E-state index in [0.717, 1.165) is 75.4 Å². The summed E-state index contributed by atoms with van der Waals surface area (Å²) in [5, 5.41) is 24.8. The zero-order chi connectivity index (χ0) is 46.5. The van der Waals surface area contributed by atoms with Crippen molar-refractivity contribution in [3.05, 3.63) is 90.5 Å². The topological polar surface area (TPSA) is 187 Å². The zero-order valence-electron chi connectivity index (χ0n) is 38.1. The van der Waals surface area contributed by atoms with Gasteiger partial charge in [-0.2, -0.15) is 15.5 Å². The van der Waals surface area contributed by atoms with Crippen LogP contribution in [0.2, 0.25) is 0 Å². The quantitative estimate of drug-likeness (QED) is 0.155. The fraction of sp³-hybridized carbons (Fsp3) is 0.429. The molecule has 19 heteroatoms. The molecule has 1 saturated carbocycles. The van der Waals surface area contributed by atoms with Gasteiger partial charge in [0.15, 0.2) is 0 Å². The molecule has 3 atom stereocenters. The van der Waals surface area contributed by atoms with Gasteiger partial charge in [-0.1, -0.05) is 6.07 Å². The highest BCUT2D eigenvalue weighted by Crippen LogP contribution is 2.39. The Morgan fingerprint density at radius 2 is 1.65 bits per heavy atom. The van der Waals surface area contributed by atoms with Crippen molar-refractivity contribution >= 4 is 34.5 Å². The van der Waals surface area contributed by atoms with Gasteiger partial charge in [0.2, 0.25) is 17.7 Å². The highest BCUT2D eigenvalue weighted by molar-refractivity contribution is 6.01. The number of fused-ring (bicyclic) bond motifs is 3. The number of nitriles is 1. The molecular weight excluding hydrogens is 868 g/mol. The number of piperazine rings is 2. The number of anilines is 3. The van der Waals surface area contributed by atoms with Crippen LogP contribution in [0.4, 0.5) is 21.6 Å². The predicted octanol–water partition coefficient (Wildman–Crippen LogP) is 5.06. The van der Waals surface area contributed by atoms with Crippen LogP contribution in [0.5, 0.6) is 11.6 Å². The second kappa shape index (κ2) is 18.1. The van der Waals surface area contributed by atoms with E-state index in [1.807, 2.05) is 36.9 Å². The lowest BCUT2D eigenvalue weighted by Gasteiger charge is -2.56. The summed E-state index contributed by atoms with van der Waals surface area (Å²) in [5.74, 6) is 0.876. The largest absolute Gasteiger partial charge is 0.495 e. The zero-order valence-corrected chi connectivity index (χ0v) is 38.1. The molecule has 0 spiro atoms. The first-order valence-electron chi connectivity index (χ1n) is 23.5. The SMILES string of the molecule is COc1ccc(CN2C3CC2CN(c2ccc(-c4nc(-c5cnn([C@H]6CC[C@H](N7CCN(c8cc(OC)c(NC9CCC(=O)NC9=O)cc8F)CC7)CC6)c5)cn5ncc(C#N)c45)cn2)C3)cn1. The lowest BCUT2D eigenvalue weighted by atomic mass is 9.87. The van der Waals surface area contributed by atoms with Crippen molar-refractivity contribution in [2.45, 2.75) is 81.7 Å². The number of halogens is 1. The number of ether oxygens (including phenoxy) is 2. The molecule has 5 saturated heterocycles. The summed E-state index contributed by atoms with van der Waals surface area (Å²) in [4.78, 5) is 47.9. The number of pyridine rings is 2. The minimum absolute atomic E-state index is 0.222. The summed E-state index contributed by atoms with van der Waals surface area (Å²) < 4.78 is 30.3. The Morgan fingerprint density at radius 3 is 2.35 bits per heavy atom. The van der Waals surface area contributed by atoms with Gasteiger partial charge in [-0.3, -0.25) is 29.4 Å². The minimum atomic E-state index is -0.642. The molecule has 2 N–H and O–H groups in total. The van der Waals surface area contributed by atoms with Crippen LogP contribution in [0.1, 0.15) is 62.1 Å². The first-order valence-corrected chi connectivity index (χ1v) is 23.5. The standard InChI is InChI=1S/C49H53FN14O4/c1-67-43-19-42(38(50)18-40(43)56-39-9-11-45(65)58-49(39)66)60-15-13-59(14-16-60)34-5-7-35(8-6-34)63-26-33(24-54-63)41-29-64-48(32(20-51)23-55-64)47(57-41)31-4-10-44(52-22-31)61-27-36-17-37(28-61)62(36)25-30-3-12-46(68-2)53-21-30/h3-4,10,12,18-19,21-24,26,29,34-37,39,56H,5-9,11,13-17,25,27-28H2,1-2H3,(H,58,65,66)/t34-,35-,36?,37?,39?. The molecule has 10 heterocycles. The maximum Gasteiger partial charge on any atom is 0.249 e. The van der Waals surface area contributed by atoms with E-state index >= 15 is 4.39 Å². The molecule has 68 heavy (non-hydrogen) atoms. The molecule has 1 aromatic carbocycles. The van der Waals surface area contributed by atoms with Gasteiger partial charge in [-0.05, 0) is 56.2 Å². The van der Waals surface area contributed by atoms with Gasteiger partial charge in [-0.15, -0.1) is 0 Å². The van der Waals surface area contributed by atoms with E-state index in [1.54, 1.807) is 23.9 Å². The molecule has 6 aromatic rings. The average Bonchev–Trinajstić information content (AvgIpc) is 4.05. The Labute approximate surface area is 392 Å². The van der Waals surface area contributed by atoms with Crippen molar-refractivity contribution in [2.75, 3.05) is 68.6 Å². The van der Waals surface area contributed by atoms with Crippen LogP contribution >= 0.6 is 0 Å². The monoisotopic (exact) mass is 920 g/mol. The number of nitrogens with one attached hydrogen (secondary N) is 2. The van der Waals surface area contributed by atoms with Crippen molar-refractivity contribution in [1.29, 1.82) is 5.26 Å². The van der Waals surface area contributed by atoms with Gasteiger partial charge in [0, 0.05) is 118 Å². The van der Waals surface area contributed by atoms with Crippen LogP contribution in [0, 0.1) is 17.1 Å². The number of nitrogens with zero attached hydrogens (tertiary/aromatic N) is 12. The number of carbonyl (C=O) groups excluding carboxylic acids is 2. The number of aromatic nitrogens is 7. The normalized spacial score (nSPS) is 23.2. The van der Waals surface area contributed by atoms with E-state index < -0.39 is 11.9 Å². The maximum absolute atomic E-state index is 15.6. The van der Waals surface area contributed by atoms with Crippen molar-refractivity contribution in [1.82, 2.24) is 49.5 Å². The fourth-order valence-electron chi connectivity index (χ4n) is 10.9. The Morgan fingerprint density at radius 1 is 0.838 bits per heavy atom. The Hall–Kier alpha value is -7.17. The lowest BCUT2D eigenvalue weighted by Crippen LogP contribution is -2.68. The molecule has 2 bridgehead atoms. The summed E-state index contributed by atoms with van der Waals surface area (Å²) >= 11 is 0. The van der Waals surface area contributed by atoms with Gasteiger partial charge >= 0.3 is 0 Å². The van der Waals surface area contributed by atoms with E-state index in [1.165, 1.54) is 25.2 Å². The summed E-state index contributed by atoms with van der Waals surface area (Å²) in [6.07, 6.45) is 16.9. The minimum Gasteiger partial charge on any atom is -0.495 e. The molecule has 350 valence electrons. The van der Waals surface area contributed by atoms with Crippen LogP contribution in [-0.4, -0.2) is 134 Å². The molecule has 6 fully saturated rings. The summed E-state index contributed by atoms with van der Waals surface area (Å²) in [6, 6.07) is 14.4. The molecule has 5 aromatic heterocycles. The van der Waals surface area contributed by atoms with Crippen LogP contribution in [-0.2, 0) is 16.1 Å². The number of hydrogen-bond acceptors (Lipinski definition) is 15. The van der Waals surface area contributed by atoms with Gasteiger partial charge in [0.25, 0.3) is 0 Å². The molecule has 18 nitrogen and oxygen atoms in total. The Kier molecular flexibility index (Phi) is 11.6. The van der Waals surface area contributed by atoms with Crippen molar-refractivity contribution in [2.24, 2.45) is 0 Å². The summed E-state index contributed by atoms with van der Waals surface area (Å²) in [7, 11) is 3.16. The predicted molar refractivity (Wildman–Crippen MR) is 251 cm³/mol. The molecule has 6 aliphatic rings. The van der Waals surface area contributed by atoms with Crippen molar-refractivity contribution in [3.63, 3.8) is 0 Å². The number of rotatable bonds is 12. The molecule has 3 unspecified atom stereocenters. The molecular formula is C49H53FN14O4. The number of amides is 2. The van der Waals surface area contributed by atoms with Crippen LogP contribution in [0.3, 0.4) is 0 Å². The lowest BCUT2D eigenvalue weighted by molar-refractivity contribution is -0.133. The van der Waals surface area contributed by atoms with E-state index in [-0.39, 0.29) is 24.2 Å². The molecule has 5 aliphatic heterocycles.